The molecule has 0 heterocycles. The van der Waals surface area contributed by atoms with Crippen LogP contribution < -0.4 is 11.1 Å². The van der Waals surface area contributed by atoms with Gasteiger partial charge in [-0.1, -0.05) is 32.6 Å². The largest absolute Gasteiger partial charge is 0.368 e. The monoisotopic (exact) mass is 252 g/mol. The van der Waals surface area contributed by atoms with Crippen LogP contribution >= 0.6 is 0 Å². The van der Waals surface area contributed by atoms with Crippen LogP contribution in [-0.4, -0.2) is 17.5 Å². The summed E-state index contributed by atoms with van der Waals surface area (Å²) in [5, 5.41) is 3.62. The van der Waals surface area contributed by atoms with Crippen LogP contribution in [0.4, 0.5) is 0 Å². The van der Waals surface area contributed by atoms with E-state index in [0.717, 1.165) is 31.6 Å². The first-order chi connectivity index (χ1) is 8.66. The van der Waals surface area contributed by atoms with E-state index in [1.165, 1.54) is 38.5 Å². The molecule has 2 rings (SSSR count). The Labute approximate surface area is 111 Å². The normalized spacial score (nSPS) is 33.7. The molecule has 104 valence electrons. The Balaban J connectivity index is 1.94. The molecule has 0 aromatic rings. The molecule has 2 aliphatic rings. The highest BCUT2D eigenvalue weighted by atomic mass is 16.1. The standard InChI is InChI=1S/C15H28N2O/c1-2-5-12-8-10-15(11-9-12,14(16)18)17-13-6-3-4-7-13/h12-13,17H,2-11H2,1H3,(H2,16,18). The molecular weight excluding hydrogens is 224 g/mol. The Morgan fingerprint density at radius 1 is 1.22 bits per heavy atom. The molecule has 1 amide bonds. The van der Waals surface area contributed by atoms with E-state index in [-0.39, 0.29) is 11.4 Å². The Bertz CT molecular complexity index is 276. The average molecular weight is 252 g/mol. The van der Waals surface area contributed by atoms with Crippen molar-refractivity contribution in [2.75, 3.05) is 0 Å². The number of hydrogen-bond acceptors (Lipinski definition) is 2. The third-order valence-electron chi connectivity index (χ3n) is 4.96. The van der Waals surface area contributed by atoms with Gasteiger partial charge in [-0.15, -0.1) is 0 Å². The third-order valence-corrected chi connectivity index (χ3v) is 4.96. The molecule has 0 aliphatic heterocycles. The molecule has 0 aromatic carbocycles. The van der Waals surface area contributed by atoms with Crippen LogP contribution in [0.3, 0.4) is 0 Å². The van der Waals surface area contributed by atoms with Gasteiger partial charge in [0.1, 0.15) is 0 Å². The van der Waals surface area contributed by atoms with Gasteiger partial charge < -0.3 is 11.1 Å². The maximum Gasteiger partial charge on any atom is 0.237 e. The van der Waals surface area contributed by atoms with E-state index in [1.54, 1.807) is 0 Å². The van der Waals surface area contributed by atoms with Gasteiger partial charge in [-0.25, -0.2) is 0 Å². The molecular formula is C15H28N2O. The number of nitrogens with two attached hydrogens (primary N) is 1. The van der Waals surface area contributed by atoms with E-state index in [9.17, 15) is 4.79 Å². The lowest BCUT2D eigenvalue weighted by molar-refractivity contribution is -0.126. The van der Waals surface area contributed by atoms with E-state index in [4.69, 9.17) is 5.73 Å². The van der Waals surface area contributed by atoms with Crippen molar-refractivity contribution in [1.82, 2.24) is 5.32 Å². The molecule has 0 saturated heterocycles. The van der Waals surface area contributed by atoms with Gasteiger partial charge >= 0.3 is 0 Å². The van der Waals surface area contributed by atoms with Crippen molar-refractivity contribution in [3.63, 3.8) is 0 Å². The molecule has 0 aromatic heterocycles. The van der Waals surface area contributed by atoms with E-state index >= 15 is 0 Å². The Morgan fingerprint density at radius 3 is 2.33 bits per heavy atom. The van der Waals surface area contributed by atoms with E-state index in [1.807, 2.05) is 0 Å². The van der Waals surface area contributed by atoms with Gasteiger partial charge in [-0.3, -0.25) is 4.79 Å². The van der Waals surface area contributed by atoms with Crippen LogP contribution in [0.2, 0.25) is 0 Å². The van der Waals surface area contributed by atoms with Crippen molar-refractivity contribution < 1.29 is 4.79 Å². The van der Waals surface area contributed by atoms with Crippen LogP contribution in [0, 0.1) is 5.92 Å². The summed E-state index contributed by atoms with van der Waals surface area (Å²) >= 11 is 0. The minimum absolute atomic E-state index is 0.121. The second kappa shape index (κ2) is 6.05. The molecule has 0 radical (unpaired) electrons. The van der Waals surface area contributed by atoms with Crippen LogP contribution in [0.15, 0.2) is 0 Å². The fraction of sp³-hybridized carbons (Fsp3) is 0.933. The van der Waals surface area contributed by atoms with Crippen molar-refractivity contribution in [3.05, 3.63) is 0 Å². The average Bonchev–Trinajstić information content (AvgIpc) is 2.84. The number of carbonyl (C=O) groups is 1. The highest BCUT2D eigenvalue weighted by Gasteiger charge is 2.41. The number of hydrogen-bond donors (Lipinski definition) is 2. The summed E-state index contributed by atoms with van der Waals surface area (Å²) < 4.78 is 0. The number of primary amides is 1. The van der Waals surface area contributed by atoms with Crippen molar-refractivity contribution in [1.29, 1.82) is 0 Å². The lowest BCUT2D eigenvalue weighted by atomic mass is 9.74. The number of nitrogens with one attached hydrogen (secondary N) is 1. The van der Waals surface area contributed by atoms with Crippen molar-refractivity contribution in [2.45, 2.75) is 82.7 Å². The molecule has 2 fully saturated rings. The molecule has 18 heavy (non-hydrogen) atoms. The summed E-state index contributed by atoms with van der Waals surface area (Å²) in [4.78, 5) is 11.9. The fourth-order valence-corrected chi connectivity index (χ4v) is 3.79. The van der Waals surface area contributed by atoms with Crippen LogP contribution in [0.1, 0.15) is 71.1 Å². The van der Waals surface area contributed by atoms with E-state index in [0.29, 0.717) is 6.04 Å². The van der Waals surface area contributed by atoms with Gasteiger partial charge in [0.2, 0.25) is 5.91 Å². The van der Waals surface area contributed by atoms with Gasteiger partial charge in [-0.2, -0.15) is 0 Å². The lowest BCUT2D eigenvalue weighted by Crippen LogP contribution is -2.59. The lowest BCUT2D eigenvalue weighted by Gasteiger charge is -2.40. The summed E-state index contributed by atoms with van der Waals surface area (Å²) in [6, 6.07) is 0.528. The minimum atomic E-state index is -0.390. The van der Waals surface area contributed by atoms with Gasteiger partial charge in [0.15, 0.2) is 0 Å². The zero-order valence-corrected chi connectivity index (χ0v) is 11.7. The SMILES string of the molecule is CCCC1CCC(NC2CCCC2)(C(N)=O)CC1. The molecule has 2 saturated carbocycles. The highest BCUT2D eigenvalue weighted by Crippen LogP contribution is 2.35. The molecule has 2 aliphatic carbocycles. The first kappa shape index (κ1) is 13.9. The van der Waals surface area contributed by atoms with Gasteiger partial charge in [0, 0.05) is 6.04 Å². The molecule has 0 spiro atoms. The van der Waals surface area contributed by atoms with Crippen molar-refractivity contribution >= 4 is 5.91 Å². The fourth-order valence-electron chi connectivity index (χ4n) is 3.79. The quantitative estimate of drug-likeness (QED) is 0.790. The predicted octanol–water partition coefficient (Wildman–Crippen LogP) is 2.73. The zero-order chi connectivity index (χ0) is 13.0. The first-order valence-corrected chi connectivity index (χ1v) is 7.74. The second-order valence-corrected chi connectivity index (χ2v) is 6.30. The molecule has 3 N–H and O–H groups in total. The van der Waals surface area contributed by atoms with Crippen LogP contribution in [0.5, 0.6) is 0 Å². The highest BCUT2D eigenvalue weighted by molar-refractivity contribution is 5.84. The Kier molecular flexibility index (Phi) is 4.66. The zero-order valence-electron chi connectivity index (χ0n) is 11.7. The number of carbonyl (C=O) groups excluding carboxylic acids is 1. The van der Waals surface area contributed by atoms with Crippen LogP contribution in [-0.2, 0) is 4.79 Å². The molecule has 3 nitrogen and oxygen atoms in total. The smallest absolute Gasteiger partial charge is 0.237 e. The van der Waals surface area contributed by atoms with E-state index in [2.05, 4.69) is 12.2 Å². The topological polar surface area (TPSA) is 55.1 Å². The molecule has 3 heteroatoms. The summed E-state index contributed by atoms with van der Waals surface area (Å²) in [5.41, 5.74) is 5.31. The maximum atomic E-state index is 11.9. The minimum Gasteiger partial charge on any atom is -0.368 e. The van der Waals surface area contributed by atoms with Crippen molar-refractivity contribution in [2.24, 2.45) is 11.7 Å². The Morgan fingerprint density at radius 2 is 1.83 bits per heavy atom. The number of rotatable bonds is 5. The number of amides is 1. The van der Waals surface area contributed by atoms with E-state index < -0.39 is 0 Å². The summed E-state index contributed by atoms with van der Waals surface area (Å²) in [6.07, 6.45) is 11.8. The summed E-state index contributed by atoms with van der Waals surface area (Å²) in [5.74, 6) is 0.692. The molecule has 0 bridgehead atoms. The summed E-state index contributed by atoms with van der Waals surface area (Å²) in [7, 11) is 0. The maximum absolute atomic E-state index is 11.9. The predicted molar refractivity (Wildman–Crippen MR) is 74.2 cm³/mol. The molecule has 0 atom stereocenters. The van der Waals surface area contributed by atoms with Gasteiger partial charge in [-0.05, 0) is 44.4 Å². The Hall–Kier alpha value is -0.570. The first-order valence-electron chi connectivity index (χ1n) is 7.74. The third kappa shape index (κ3) is 3.05. The van der Waals surface area contributed by atoms with Crippen LogP contribution in [0.25, 0.3) is 0 Å². The van der Waals surface area contributed by atoms with Crippen molar-refractivity contribution in [3.8, 4) is 0 Å². The molecule has 0 unspecified atom stereocenters. The van der Waals surface area contributed by atoms with Gasteiger partial charge in [0.25, 0.3) is 0 Å². The summed E-state index contributed by atoms with van der Waals surface area (Å²) in [6.45, 7) is 2.24. The van der Waals surface area contributed by atoms with Gasteiger partial charge in [0.05, 0.1) is 5.54 Å². The second-order valence-electron chi connectivity index (χ2n) is 6.30.